The molecule has 4 aromatic rings. The minimum Gasteiger partial charge on any atom is -0.368 e. The third-order valence-electron chi connectivity index (χ3n) is 8.43. The Bertz CT molecular complexity index is 1630. The Balaban J connectivity index is 1.21. The van der Waals surface area contributed by atoms with Gasteiger partial charge in [-0.05, 0) is 86.7 Å². The number of nitrogens with one attached hydrogen (secondary N) is 2. The van der Waals surface area contributed by atoms with Crippen LogP contribution in [0.25, 0.3) is 11.1 Å². The number of nitrogens with zero attached hydrogens (tertiary/aromatic N) is 4. The van der Waals surface area contributed by atoms with E-state index in [0.717, 1.165) is 72.0 Å². The molecular weight excluding hydrogens is 544 g/mol. The zero-order valence-electron chi connectivity index (χ0n) is 24.6. The van der Waals surface area contributed by atoms with Crippen LogP contribution in [0, 0.1) is 6.92 Å². The summed E-state index contributed by atoms with van der Waals surface area (Å²) in [7, 11) is 3.89. The molecule has 0 spiro atoms. The van der Waals surface area contributed by atoms with Crippen molar-refractivity contribution < 1.29 is 4.79 Å². The van der Waals surface area contributed by atoms with Crippen molar-refractivity contribution in [2.24, 2.45) is 7.05 Å². The van der Waals surface area contributed by atoms with Gasteiger partial charge >= 0.3 is 0 Å². The van der Waals surface area contributed by atoms with Gasteiger partial charge in [-0.1, -0.05) is 18.6 Å². The van der Waals surface area contributed by atoms with Gasteiger partial charge in [-0.15, -0.1) is 11.3 Å². The van der Waals surface area contributed by atoms with E-state index in [2.05, 4.69) is 44.6 Å². The van der Waals surface area contributed by atoms with Crippen LogP contribution in [0.3, 0.4) is 0 Å². The summed E-state index contributed by atoms with van der Waals surface area (Å²) in [6.07, 6.45) is 9.49. The fraction of sp³-hybridized carbons (Fsp3) is 0.364. The van der Waals surface area contributed by atoms with Crippen LogP contribution in [0.2, 0.25) is 0 Å². The number of rotatable bonds is 6. The van der Waals surface area contributed by atoms with Gasteiger partial charge in [0.2, 0.25) is 0 Å². The summed E-state index contributed by atoms with van der Waals surface area (Å²) in [6, 6.07) is 13.8. The van der Waals surface area contributed by atoms with Crippen molar-refractivity contribution in [3.05, 3.63) is 86.1 Å². The fourth-order valence-electron chi connectivity index (χ4n) is 5.85. The molecule has 2 N–H and O–H groups in total. The summed E-state index contributed by atoms with van der Waals surface area (Å²) in [5.74, 6) is 0.552. The van der Waals surface area contributed by atoms with Crippen molar-refractivity contribution in [1.29, 1.82) is 0 Å². The second kappa shape index (κ2) is 12.1. The number of amides is 1. The summed E-state index contributed by atoms with van der Waals surface area (Å²) >= 11 is 1.63. The van der Waals surface area contributed by atoms with Crippen LogP contribution in [0.15, 0.2) is 59.7 Å². The lowest BCUT2D eigenvalue weighted by Gasteiger charge is -2.33. The van der Waals surface area contributed by atoms with Crippen molar-refractivity contribution >= 4 is 40.1 Å². The predicted octanol–water partition coefficient (Wildman–Crippen LogP) is 5.83. The Morgan fingerprint density at radius 2 is 1.76 bits per heavy atom. The lowest BCUT2D eigenvalue weighted by molar-refractivity contribution is 0.103. The van der Waals surface area contributed by atoms with E-state index in [-0.39, 0.29) is 11.5 Å². The molecule has 6 rings (SSSR count). The third-order valence-corrected chi connectivity index (χ3v) is 9.66. The Morgan fingerprint density at radius 1 is 0.952 bits per heavy atom. The number of hydrogen-bond acceptors (Lipinski definition) is 7. The second-order valence-electron chi connectivity index (χ2n) is 11.4. The van der Waals surface area contributed by atoms with E-state index in [1.165, 1.54) is 29.7 Å². The Hall–Kier alpha value is -3.95. The molecule has 3 aromatic heterocycles. The van der Waals surface area contributed by atoms with E-state index >= 15 is 0 Å². The monoisotopic (exact) mass is 582 g/mol. The lowest BCUT2D eigenvalue weighted by atomic mass is 10.00. The number of carbonyl (C=O) groups excluding carboxylic acids is 1. The quantitative estimate of drug-likeness (QED) is 0.278. The highest BCUT2D eigenvalue weighted by Crippen LogP contribution is 2.32. The van der Waals surface area contributed by atoms with Crippen LogP contribution in [-0.4, -0.2) is 53.6 Å². The largest absolute Gasteiger partial charge is 0.368 e. The summed E-state index contributed by atoms with van der Waals surface area (Å²) in [4.78, 5) is 37.7. The number of thiophene rings is 1. The van der Waals surface area contributed by atoms with E-state index in [1.807, 2.05) is 49.6 Å². The number of hydrogen-bond donors (Lipinski definition) is 2. The molecule has 8 nitrogen and oxygen atoms in total. The molecule has 0 unspecified atom stereocenters. The molecule has 1 fully saturated rings. The first kappa shape index (κ1) is 28.2. The second-order valence-corrected chi connectivity index (χ2v) is 12.6. The highest BCUT2D eigenvalue weighted by molar-refractivity contribution is 7.14. The van der Waals surface area contributed by atoms with E-state index < -0.39 is 0 Å². The standard InChI is InChI=1S/C33H38N6O2S/c1-22-26(9-7-10-27(22)36-32(40)30-19-23-8-5-4-6-11-29(23)42-30)24-18-28(33(41)38(3)21-24)35-31-13-12-25(20-34-31)39-16-14-37(2)15-17-39/h7,9-10,12-13,18-21H,4-6,8,11,14-17H2,1-3H3,(H,34,35)(H,36,40). The van der Waals surface area contributed by atoms with Crippen LogP contribution in [0.4, 0.5) is 22.9 Å². The molecule has 2 aliphatic rings. The van der Waals surface area contributed by atoms with Crippen LogP contribution < -0.4 is 21.1 Å². The summed E-state index contributed by atoms with van der Waals surface area (Å²) in [5, 5.41) is 6.38. The van der Waals surface area contributed by atoms with Gasteiger partial charge in [-0.25, -0.2) is 4.98 Å². The molecule has 0 atom stereocenters. The first-order chi connectivity index (χ1) is 20.4. The van der Waals surface area contributed by atoms with Gasteiger partial charge in [0, 0.05) is 55.6 Å². The van der Waals surface area contributed by atoms with Gasteiger partial charge < -0.3 is 25.0 Å². The van der Waals surface area contributed by atoms with Crippen molar-refractivity contribution in [3.63, 3.8) is 0 Å². The minimum atomic E-state index is -0.136. The maximum absolute atomic E-state index is 13.2. The molecule has 0 saturated carbocycles. The van der Waals surface area contributed by atoms with Crippen LogP contribution in [-0.2, 0) is 19.9 Å². The zero-order valence-corrected chi connectivity index (χ0v) is 25.4. The fourth-order valence-corrected chi connectivity index (χ4v) is 6.99. The highest BCUT2D eigenvalue weighted by Gasteiger charge is 2.19. The average molecular weight is 583 g/mol. The van der Waals surface area contributed by atoms with Crippen molar-refractivity contribution in [2.75, 3.05) is 48.8 Å². The maximum atomic E-state index is 13.2. The number of carbonyl (C=O) groups is 1. The molecule has 1 amide bonds. The number of piperazine rings is 1. The number of benzene rings is 1. The molecule has 1 aliphatic carbocycles. The minimum absolute atomic E-state index is 0.0674. The zero-order chi connectivity index (χ0) is 29.2. The molecule has 1 saturated heterocycles. The number of pyridine rings is 2. The number of aromatic nitrogens is 2. The SMILES string of the molecule is Cc1c(NC(=O)c2cc3c(s2)CCCCC3)cccc1-c1cc(Nc2ccc(N3CCN(C)CC3)cn2)c(=O)n(C)c1. The summed E-state index contributed by atoms with van der Waals surface area (Å²) in [6.45, 7) is 6.01. The van der Waals surface area contributed by atoms with Gasteiger partial charge in [0.25, 0.3) is 11.5 Å². The molecule has 4 heterocycles. The van der Waals surface area contributed by atoms with Crippen LogP contribution >= 0.6 is 11.3 Å². The topological polar surface area (TPSA) is 82.5 Å². The van der Waals surface area contributed by atoms with Crippen molar-refractivity contribution in [1.82, 2.24) is 14.5 Å². The molecule has 218 valence electrons. The van der Waals surface area contributed by atoms with Crippen LogP contribution in [0.5, 0.6) is 0 Å². The Morgan fingerprint density at radius 3 is 2.55 bits per heavy atom. The molecule has 0 bridgehead atoms. The number of anilines is 4. The van der Waals surface area contributed by atoms with Crippen molar-refractivity contribution in [2.45, 2.75) is 39.0 Å². The Labute approximate surface area is 251 Å². The highest BCUT2D eigenvalue weighted by atomic mass is 32.1. The van der Waals surface area contributed by atoms with E-state index in [9.17, 15) is 9.59 Å². The van der Waals surface area contributed by atoms with E-state index in [1.54, 1.807) is 23.0 Å². The summed E-state index contributed by atoms with van der Waals surface area (Å²) in [5.41, 5.74) is 6.28. The predicted molar refractivity (Wildman–Crippen MR) is 173 cm³/mol. The number of likely N-dealkylation sites (N-methyl/N-ethyl adjacent to an activating group) is 1. The summed E-state index contributed by atoms with van der Waals surface area (Å²) < 4.78 is 1.58. The first-order valence-electron chi connectivity index (χ1n) is 14.8. The third kappa shape index (κ3) is 5.98. The van der Waals surface area contributed by atoms with Crippen molar-refractivity contribution in [3.8, 4) is 11.1 Å². The first-order valence-corrected chi connectivity index (χ1v) is 15.6. The molecule has 42 heavy (non-hydrogen) atoms. The number of fused-ring (bicyclic) bond motifs is 1. The molecular formula is C33H38N6O2S. The van der Waals surface area contributed by atoms with Gasteiger partial charge in [0.1, 0.15) is 11.5 Å². The normalized spacial score (nSPS) is 15.6. The molecule has 0 radical (unpaired) electrons. The Kier molecular flexibility index (Phi) is 8.13. The molecule has 1 aliphatic heterocycles. The van der Waals surface area contributed by atoms with Gasteiger partial charge in [-0.2, -0.15) is 0 Å². The van der Waals surface area contributed by atoms with Gasteiger partial charge in [0.15, 0.2) is 0 Å². The number of aryl methyl sites for hydroxylation is 3. The van der Waals surface area contributed by atoms with E-state index in [4.69, 9.17) is 0 Å². The van der Waals surface area contributed by atoms with Gasteiger partial charge in [0.05, 0.1) is 16.8 Å². The van der Waals surface area contributed by atoms with Crippen LogP contribution in [0.1, 0.15) is 44.9 Å². The van der Waals surface area contributed by atoms with E-state index in [0.29, 0.717) is 11.5 Å². The molecule has 9 heteroatoms. The average Bonchev–Trinajstić information content (AvgIpc) is 3.27. The lowest BCUT2D eigenvalue weighted by Crippen LogP contribution is -2.44. The maximum Gasteiger partial charge on any atom is 0.274 e. The molecule has 1 aromatic carbocycles. The smallest absolute Gasteiger partial charge is 0.274 e. The van der Waals surface area contributed by atoms with Gasteiger partial charge in [-0.3, -0.25) is 9.59 Å².